The van der Waals surface area contributed by atoms with Gasteiger partial charge in [0.15, 0.2) is 5.96 Å². The number of guanidine groups is 1. The minimum Gasteiger partial charge on any atom is -0.497 e. The molecule has 0 fully saturated rings. The first-order valence-electron chi connectivity index (χ1n) is 8.83. The summed E-state index contributed by atoms with van der Waals surface area (Å²) in [4.78, 5) is 4.52. The molecule has 6 heteroatoms. The van der Waals surface area contributed by atoms with Crippen molar-refractivity contribution >= 4 is 29.9 Å². The maximum atomic E-state index is 10.3. The van der Waals surface area contributed by atoms with Crippen molar-refractivity contribution in [2.24, 2.45) is 10.9 Å². The molecule has 0 saturated heterocycles. The number of benzene rings is 1. The number of methoxy groups -OCH3 is 1. The number of ether oxygens (including phenoxy) is 1. The molecule has 0 saturated carbocycles. The molecule has 0 heterocycles. The van der Waals surface area contributed by atoms with E-state index in [0.717, 1.165) is 30.2 Å². The third-order valence-electron chi connectivity index (χ3n) is 3.81. The predicted molar refractivity (Wildman–Crippen MR) is 116 cm³/mol. The van der Waals surface area contributed by atoms with E-state index in [9.17, 15) is 5.11 Å². The monoisotopic (exact) mass is 463 g/mol. The molecule has 0 radical (unpaired) electrons. The van der Waals surface area contributed by atoms with E-state index in [1.54, 1.807) is 7.11 Å². The smallest absolute Gasteiger partial charge is 0.191 e. The predicted octanol–water partition coefficient (Wildman–Crippen LogP) is 3.73. The quantitative estimate of drug-likeness (QED) is 0.297. The summed E-state index contributed by atoms with van der Waals surface area (Å²) in [6.07, 6.45) is 1.63. The second-order valence-electron chi connectivity index (χ2n) is 6.53. The van der Waals surface area contributed by atoms with E-state index >= 15 is 0 Å². The van der Waals surface area contributed by atoms with Crippen molar-refractivity contribution in [3.63, 3.8) is 0 Å². The zero-order valence-corrected chi connectivity index (χ0v) is 18.4. The molecule has 144 valence electrons. The fourth-order valence-corrected chi connectivity index (χ4v) is 2.34. The number of aliphatic hydroxyl groups is 1. The summed E-state index contributed by atoms with van der Waals surface area (Å²) in [6.45, 7) is 9.76. The van der Waals surface area contributed by atoms with Crippen LogP contribution in [0.1, 0.15) is 52.2 Å². The maximum Gasteiger partial charge on any atom is 0.191 e. The SMILES string of the molecule is CCNC(=NCC(O)c1cccc(OC)c1)NC(C)CCC(C)C.I. The summed E-state index contributed by atoms with van der Waals surface area (Å²) in [5.74, 6) is 2.18. The lowest BCUT2D eigenvalue weighted by Crippen LogP contribution is -2.42. The summed E-state index contributed by atoms with van der Waals surface area (Å²) in [6, 6.07) is 7.80. The number of hydrogen-bond acceptors (Lipinski definition) is 3. The van der Waals surface area contributed by atoms with Crippen molar-refractivity contribution in [1.29, 1.82) is 0 Å². The Balaban J connectivity index is 0.00000576. The van der Waals surface area contributed by atoms with Crippen molar-refractivity contribution in [1.82, 2.24) is 10.6 Å². The highest BCUT2D eigenvalue weighted by Gasteiger charge is 2.10. The first kappa shape index (κ1) is 24.0. The molecular weight excluding hydrogens is 429 g/mol. The van der Waals surface area contributed by atoms with Gasteiger partial charge in [0.1, 0.15) is 5.75 Å². The molecule has 0 spiro atoms. The van der Waals surface area contributed by atoms with Gasteiger partial charge < -0.3 is 20.5 Å². The van der Waals surface area contributed by atoms with Gasteiger partial charge in [-0.1, -0.05) is 26.0 Å². The second kappa shape index (κ2) is 13.2. The molecule has 0 amide bonds. The number of nitrogens with zero attached hydrogens (tertiary/aromatic N) is 1. The van der Waals surface area contributed by atoms with Crippen molar-refractivity contribution in [2.75, 3.05) is 20.2 Å². The van der Waals surface area contributed by atoms with Crippen molar-refractivity contribution < 1.29 is 9.84 Å². The van der Waals surface area contributed by atoms with Crippen LogP contribution in [0.2, 0.25) is 0 Å². The van der Waals surface area contributed by atoms with E-state index in [2.05, 4.69) is 36.4 Å². The first-order chi connectivity index (χ1) is 11.5. The van der Waals surface area contributed by atoms with Gasteiger partial charge in [0.25, 0.3) is 0 Å². The van der Waals surface area contributed by atoms with Gasteiger partial charge in [-0.05, 0) is 50.3 Å². The standard InChI is InChI=1S/C19H33N3O2.HI/c1-6-20-19(22-15(4)11-10-14(2)3)21-13-18(23)16-8-7-9-17(12-16)24-5;/h7-9,12,14-15,18,23H,6,10-11,13H2,1-5H3,(H2,20,21,22);1H. The average molecular weight is 463 g/mol. The third kappa shape index (κ3) is 9.89. The van der Waals surface area contributed by atoms with Gasteiger partial charge in [-0.15, -0.1) is 24.0 Å². The molecule has 1 aromatic rings. The van der Waals surface area contributed by atoms with E-state index in [-0.39, 0.29) is 24.0 Å². The van der Waals surface area contributed by atoms with Gasteiger partial charge in [0.2, 0.25) is 0 Å². The topological polar surface area (TPSA) is 65.9 Å². The lowest BCUT2D eigenvalue weighted by Gasteiger charge is -2.19. The maximum absolute atomic E-state index is 10.3. The van der Waals surface area contributed by atoms with Gasteiger partial charge in [-0.3, -0.25) is 4.99 Å². The van der Waals surface area contributed by atoms with Crippen LogP contribution in [-0.4, -0.2) is 37.3 Å². The Hall–Kier alpha value is -1.02. The van der Waals surface area contributed by atoms with E-state index in [1.807, 2.05) is 31.2 Å². The van der Waals surface area contributed by atoms with E-state index < -0.39 is 6.10 Å². The number of halogens is 1. The molecule has 0 aliphatic carbocycles. The zero-order chi connectivity index (χ0) is 17.9. The van der Waals surface area contributed by atoms with Crippen molar-refractivity contribution in [3.8, 4) is 5.75 Å². The summed E-state index contributed by atoms with van der Waals surface area (Å²) >= 11 is 0. The molecule has 2 atom stereocenters. The minimum atomic E-state index is -0.651. The van der Waals surface area contributed by atoms with Gasteiger partial charge in [-0.2, -0.15) is 0 Å². The molecule has 0 bridgehead atoms. The van der Waals surface area contributed by atoms with Crippen LogP contribution >= 0.6 is 24.0 Å². The van der Waals surface area contributed by atoms with Gasteiger partial charge in [0, 0.05) is 12.6 Å². The lowest BCUT2D eigenvalue weighted by atomic mass is 10.0. The van der Waals surface area contributed by atoms with Gasteiger partial charge in [0.05, 0.1) is 19.8 Å². The number of aliphatic imine (C=N–C) groups is 1. The number of rotatable bonds is 9. The van der Waals surface area contributed by atoms with Crippen LogP contribution in [0.25, 0.3) is 0 Å². The molecule has 1 rings (SSSR count). The summed E-state index contributed by atoms with van der Waals surface area (Å²) in [5, 5.41) is 17.0. The van der Waals surface area contributed by atoms with Crippen LogP contribution in [0.4, 0.5) is 0 Å². The fourth-order valence-electron chi connectivity index (χ4n) is 2.34. The summed E-state index contributed by atoms with van der Waals surface area (Å²) < 4.78 is 5.20. The lowest BCUT2D eigenvalue weighted by molar-refractivity contribution is 0.186. The molecule has 0 aliphatic rings. The number of nitrogens with one attached hydrogen (secondary N) is 2. The minimum absolute atomic E-state index is 0. The molecule has 5 nitrogen and oxygen atoms in total. The Morgan fingerprint density at radius 2 is 1.96 bits per heavy atom. The van der Waals surface area contributed by atoms with Gasteiger partial charge >= 0.3 is 0 Å². The van der Waals surface area contributed by atoms with Crippen LogP contribution in [0.3, 0.4) is 0 Å². The molecular formula is C19H34IN3O2. The van der Waals surface area contributed by atoms with E-state index in [4.69, 9.17) is 4.74 Å². The van der Waals surface area contributed by atoms with Crippen LogP contribution < -0.4 is 15.4 Å². The molecule has 0 aliphatic heterocycles. The highest BCUT2D eigenvalue weighted by atomic mass is 127. The van der Waals surface area contributed by atoms with Crippen molar-refractivity contribution in [3.05, 3.63) is 29.8 Å². The van der Waals surface area contributed by atoms with Crippen LogP contribution in [-0.2, 0) is 0 Å². The number of aliphatic hydroxyl groups excluding tert-OH is 1. The Labute approximate surface area is 169 Å². The largest absolute Gasteiger partial charge is 0.497 e. The Kier molecular flexibility index (Phi) is 12.7. The fraction of sp³-hybridized carbons (Fsp3) is 0.632. The summed E-state index contributed by atoms with van der Waals surface area (Å²) in [7, 11) is 1.62. The Bertz CT molecular complexity index is 509. The molecule has 3 N–H and O–H groups in total. The number of hydrogen-bond donors (Lipinski definition) is 3. The molecule has 1 aromatic carbocycles. The average Bonchev–Trinajstić information content (AvgIpc) is 2.57. The molecule has 2 unspecified atom stereocenters. The normalized spacial score (nSPS) is 13.8. The van der Waals surface area contributed by atoms with E-state index in [0.29, 0.717) is 18.5 Å². The third-order valence-corrected chi connectivity index (χ3v) is 3.81. The zero-order valence-electron chi connectivity index (χ0n) is 16.1. The highest BCUT2D eigenvalue weighted by molar-refractivity contribution is 14.0. The second-order valence-corrected chi connectivity index (χ2v) is 6.53. The van der Waals surface area contributed by atoms with Crippen LogP contribution in [0.5, 0.6) is 5.75 Å². The molecule has 0 aromatic heterocycles. The Morgan fingerprint density at radius 1 is 1.24 bits per heavy atom. The van der Waals surface area contributed by atoms with E-state index in [1.165, 1.54) is 6.42 Å². The van der Waals surface area contributed by atoms with Gasteiger partial charge in [-0.25, -0.2) is 0 Å². The van der Waals surface area contributed by atoms with Crippen LogP contribution in [0.15, 0.2) is 29.3 Å². The Morgan fingerprint density at radius 3 is 2.56 bits per heavy atom. The summed E-state index contributed by atoms with van der Waals surface area (Å²) in [5.41, 5.74) is 0.807. The highest BCUT2D eigenvalue weighted by Crippen LogP contribution is 2.19. The van der Waals surface area contributed by atoms with Crippen molar-refractivity contribution in [2.45, 2.75) is 52.7 Å². The molecule has 25 heavy (non-hydrogen) atoms. The first-order valence-corrected chi connectivity index (χ1v) is 8.83. The van der Waals surface area contributed by atoms with Crippen LogP contribution in [0, 0.1) is 5.92 Å².